The van der Waals surface area contributed by atoms with E-state index in [2.05, 4.69) is 15.5 Å². The van der Waals surface area contributed by atoms with Crippen molar-refractivity contribution in [3.05, 3.63) is 103 Å². The first-order valence-electron chi connectivity index (χ1n) is 8.93. The SMILES string of the molecule is O=C(/C=C/c1cnn(-c2ccccc2)c1)NCc1ccc(-n2cccn2)cc1. The monoisotopic (exact) mass is 369 g/mol. The van der Waals surface area contributed by atoms with Crippen molar-refractivity contribution in [2.75, 3.05) is 0 Å². The number of aromatic nitrogens is 4. The average Bonchev–Trinajstić information content (AvgIpc) is 3.44. The predicted molar refractivity (Wildman–Crippen MR) is 108 cm³/mol. The zero-order valence-electron chi connectivity index (χ0n) is 15.1. The van der Waals surface area contributed by atoms with Gasteiger partial charge in [-0.3, -0.25) is 4.79 Å². The molecule has 1 N–H and O–H groups in total. The molecule has 2 aromatic carbocycles. The molecule has 0 spiro atoms. The standard InChI is InChI=1S/C22H19N5O/c28-22(12-9-19-16-25-27(17-19)20-5-2-1-3-6-20)23-15-18-7-10-21(11-8-18)26-14-4-13-24-26/h1-14,16-17H,15H2,(H,23,28)/b12-9+. The molecule has 0 fully saturated rings. The van der Waals surface area contributed by atoms with Crippen molar-refractivity contribution in [1.82, 2.24) is 24.9 Å². The second-order valence-electron chi connectivity index (χ2n) is 6.22. The van der Waals surface area contributed by atoms with Crippen molar-refractivity contribution < 1.29 is 4.79 Å². The lowest BCUT2D eigenvalue weighted by Crippen LogP contribution is -2.20. The highest BCUT2D eigenvalue weighted by Gasteiger charge is 2.01. The Labute approximate surface area is 162 Å². The van der Waals surface area contributed by atoms with E-state index in [1.54, 1.807) is 27.8 Å². The fourth-order valence-corrected chi connectivity index (χ4v) is 2.75. The number of rotatable bonds is 6. The molecule has 0 bridgehead atoms. The molecular formula is C22H19N5O. The zero-order chi connectivity index (χ0) is 19.2. The quantitative estimate of drug-likeness (QED) is 0.530. The first kappa shape index (κ1) is 17.5. The van der Waals surface area contributed by atoms with Crippen LogP contribution in [-0.4, -0.2) is 25.5 Å². The minimum atomic E-state index is -0.149. The highest BCUT2D eigenvalue weighted by atomic mass is 16.1. The van der Waals surface area contributed by atoms with Crippen LogP contribution in [0, 0.1) is 0 Å². The normalized spacial score (nSPS) is 11.0. The smallest absolute Gasteiger partial charge is 0.244 e. The molecule has 0 radical (unpaired) electrons. The fraction of sp³-hybridized carbons (Fsp3) is 0.0455. The van der Waals surface area contributed by atoms with Crippen LogP contribution < -0.4 is 5.32 Å². The van der Waals surface area contributed by atoms with Gasteiger partial charge in [0.15, 0.2) is 0 Å². The summed E-state index contributed by atoms with van der Waals surface area (Å²) in [4.78, 5) is 12.1. The Hall–Kier alpha value is -3.93. The maximum atomic E-state index is 12.1. The lowest BCUT2D eigenvalue weighted by molar-refractivity contribution is -0.116. The Bertz CT molecular complexity index is 1060. The van der Waals surface area contributed by atoms with E-state index in [0.29, 0.717) is 6.54 Å². The van der Waals surface area contributed by atoms with Gasteiger partial charge in [-0.25, -0.2) is 9.36 Å². The van der Waals surface area contributed by atoms with E-state index in [1.807, 2.05) is 73.1 Å². The molecule has 0 saturated heterocycles. The third-order valence-corrected chi connectivity index (χ3v) is 4.22. The molecule has 0 unspecified atom stereocenters. The van der Waals surface area contributed by atoms with Crippen molar-refractivity contribution >= 4 is 12.0 Å². The van der Waals surface area contributed by atoms with Crippen LogP contribution in [0.4, 0.5) is 0 Å². The van der Waals surface area contributed by atoms with Crippen LogP contribution in [0.1, 0.15) is 11.1 Å². The van der Waals surface area contributed by atoms with Crippen molar-refractivity contribution in [1.29, 1.82) is 0 Å². The molecule has 1 amide bonds. The summed E-state index contributed by atoms with van der Waals surface area (Å²) in [6.07, 6.45) is 10.5. The summed E-state index contributed by atoms with van der Waals surface area (Å²) in [6, 6.07) is 19.6. The second kappa shape index (κ2) is 8.18. The summed E-state index contributed by atoms with van der Waals surface area (Å²) in [5.74, 6) is -0.149. The summed E-state index contributed by atoms with van der Waals surface area (Å²) in [7, 11) is 0. The van der Waals surface area contributed by atoms with Gasteiger partial charge in [0.25, 0.3) is 0 Å². The van der Waals surface area contributed by atoms with Crippen LogP contribution in [0.15, 0.2) is 91.5 Å². The van der Waals surface area contributed by atoms with E-state index in [-0.39, 0.29) is 5.91 Å². The van der Waals surface area contributed by atoms with Crippen LogP contribution in [0.2, 0.25) is 0 Å². The number of benzene rings is 2. The van der Waals surface area contributed by atoms with Gasteiger partial charge >= 0.3 is 0 Å². The van der Waals surface area contributed by atoms with E-state index < -0.39 is 0 Å². The average molecular weight is 369 g/mol. The van der Waals surface area contributed by atoms with Crippen molar-refractivity contribution in [3.8, 4) is 11.4 Å². The van der Waals surface area contributed by atoms with Crippen LogP contribution in [0.25, 0.3) is 17.5 Å². The van der Waals surface area contributed by atoms with Gasteiger partial charge in [-0.05, 0) is 42.0 Å². The molecule has 0 saturated carbocycles. The van der Waals surface area contributed by atoms with Gasteiger partial charge in [-0.1, -0.05) is 30.3 Å². The molecule has 0 aliphatic rings. The number of carbonyl (C=O) groups excluding carboxylic acids is 1. The molecule has 2 heterocycles. The molecule has 6 heteroatoms. The van der Waals surface area contributed by atoms with Crippen molar-refractivity contribution in [2.24, 2.45) is 0 Å². The molecule has 4 rings (SSSR count). The number of nitrogens with one attached hydrogen (secondary N) is 1. The molecule has 2 aromatic heterocycles. The summed E-state index contributed by atoms with van der Waals surface area (Å²) >= 11 is 0. The number of hydrogen-bond donors (Lipinski definition) is 1. The second-order valence-corrected chi connectivity index (χ2v) is 6.22. The molecule has 4 aromatic rings. The van der Waals surface area contributed by atoms with Gasteiger partial charge in [0.05, 0.1) is 17.6 Å². The third kappa shape index (κ3) is 4.24. The van der Waals surface area contributed by atoms with Crippen LogP contribution in [0.5, 0.6) is 0 Å². The maximum absolute atomic E-state index is 12.1. The topological polar surface area (TPSA) is 64.7 Å². The number of hydrogen-bond acceptors (Lipinski definition) is 3. The molecule has 138 valence electrons. The molecule has 28 heavy (non-hydrogen) atoms. The lowest BCUT2D eigenvalue weighted by Gasteiger charge is -2.05. The lowest BCUT2D eigenvalue weighted by atomic mass is 10.2. The predicted octanol–water partition coefficient (Wildman–Crippen LogP) is 3.39. The minimum absolute atomic E-state index is 0.149. The minimum Gasteiger partial charge on any atom is -0.348 e. The zero-order valence-corrected chi connectivity index (χ0v) is 15.1. The first-order valence-corrected chi connectivity index (χ1v) is 8.93. The highest BCUT2D eigenvalue weighted by molar-refractivity contribution is 5.91. The van der Waals surface area contributed by atoms with Crippen LogP contribution >= 0.6 is 0 Å². The van der Waals surface area contributed by atoms with Gasteiger partial charge in [-0.15, -0.1) is 0 Å². The number of amides is 1. The Morgan fingerprint density at radius 1 is 0.929 bits per heavy atom. The van der Waals surface area contributed by atoms with E-state index >= 15 is 0 Å². The molecular weight excluding hydrogens is 350 g/mol. The molecule has 0 aliphatic carbocycles. The summed E-state index contributed by atoms with van der Waals surface area (Å²) < 4.78 is 3.57. The van der Waals surface area contributed by atoms with Gasteiger partial charge in [0.2, 0.25) is 5.91 Å². The third-order valence-electron chi connectivity index (χ3n) is 4.22. The van der Waals surface area contributed by atoms with Crippen molar-refractivity contribution in [3.63, 3.8) is 0 Å². The van der Waals surface area contributed by atoms with E-state index in [4.69, 9.17) is 0 Å². The number of carbonyl (C=O) groups is 1. The van der Waals surface area contributed by atoms with E-state index in [9.17, 15) is 4.79 Å². The summed E-state index contributed by atoms with van der Waals surface area (Å²) in [5, 5.41) is 11.4. The molecule has 0 aliphatic heterocycles. The van der Waals surface area contributed by atoms with Gasteiger partial charge < -0.3 is 5.32 Å². The molecule has 0 atom stereocenters. The highest BCUT2D eigenvalue weighted by Crippen LogP contribution is 2.10. The Kier molecular flexibility index (Phi) is 5.11. The van der Waals surface area contributed by atoms with E-state index in [0.717, 1.165) is 22.5 Å². The Morgan fingerprint density at radius 2 is 1.71 bits per heavy atom. The van der Waals surface area contributed by atoms with Gasteiger partial charge in [0, 0.05) is 36.8 Å². The van der Waals surface area contributed by atoms with Crippen LogP contribution in [-0.2, 0) is 11.3 Å². The van der Waals surface area contributed by atoms with Gasteiger partial charge in [0.1, 0.15) is 0 Å². The Morgan fingerprint density at radius 3 is 2.46 bits per heavy atom. The van der Waals surface area contributed by atoms with Gasteiger partial charge in [-0.2, -0.15) is 10.2 Å². The van der Waals surface area contributed by atoms with E-state index in [1.165, 1.54) is 6.08 Å². The van der Waals surface area contributed by atoms with Crippen molar-refractivity contribution in [2.45, 2.75) is 6.54 Å². The first-order chi connectivity index (χ1) is 13.8. The molecule has 6 nitrogen and oxygen atoms in total. The maximum Gasteiger partial charge on any atom is 0.244 e. The fourth-order valence-electron chi connectivity index (χ4n) is 2.75. The Balaban J connectivity index is 1.31. The summed E-state index contributed by atoms with van der Waals surface area (Å²) in [5.41, 5.74) is 3.85. The van der Waals surface area contributed by atoms with Crippen LogP contribution in [0.3, 0.4) is 0 Å². The number of nitrogens with zero attached hydrogens (tertiary/aromatic N) is 4. The number of para-hydroxylation sites is 1. The summed E-state index contributed by atoms with van der Waals surface area (Å²) in [6.45, 7) is 0.464. The largest absolute Gasteiger partial charge is 0.348 e.